The second kappa shape index (κ2) is 5.56. The van der Waals surface area contributed by atoms with Crippen molar-refractivity contribution in [2.75, 3.05) is 24.6 Å². The number of sulfone groups is 1. The number of carboxylic acid groups (broad SMARTS) is 1. The highest BCUT2D eigenvalue weighted by atomic mass is 35.5. The summed E-state index contributed by atoms with van der Waals surface area (Å²) in [4.78, 5) is 10.6. The Morgan fingerprint density at radius 2 is 1.81 bits per heavy atom. The molecule has 7 nitrogen and oxygen atoms in total. The first-order valence-electron chi connectivity index (χ1n) is 5.87. The van der Waals surface area contributed by atoms with Gasteiger partial charge in [0.25, 0.3) is 0 Å². The lowest BCUT2D eigenvalue weighted by Gasteiger charge is -2.26. The van der Waals surface area contributed by atoms with Crippen molar-refractivity contribution in [1.29, 1.82) is 0 Å². The van der Waals surface area contributed by atoms with E-state index < -0.39 is 25.8 Å². The second-order valence-corrected chi connectivity index (χ2v) is 9.12. The van der Waals surface area contributed by atoms with Crippen molar-refractivity contribution in [2.45, 2.75) is 4.90 Å². The van der Waals surface area contributed by atoms with Crippen molar-refractivity contribution in [3.8, 4) is 0 Å². The predicted octanol–water partition coefficient (Wildman–Crippen LogP) is 0.457. The Morgan fingerprint density at radius 3 is 2.33 bits per heavy atom. The summed E-state index contributed by atoms with van der Waals surface area (Å²) in [6.07, 6.45) is 0. The number of halogens is 1. The summed E-state index contributed by atoms with van der Waals surface area (Å²) in [5.41, 5.74) is -0.206. The van der Waals surface area contributed by atoms with Gasteiger partial charge >= 0.3 is 5.97 Å². The lowest BCUT2D eigenvalue weighted by Crippen LogP contribution is -2.43. The molecule has 1 aliphatic heterocycles. The van der Waals surface area contributed by atoms with Crippen LogP contribution in [0.2, 0.25) is 5.02 Å². The number of sulfonamides is 1. The second-order valence-electron chi connectivity index (χ2n) is 4.51. The van der Waals surface area contributed by atoms with Gasteiger partial charge in [-0.3, -0.25) is 0 Å². The maximum absolute atomic E-state index is 12.4. The SMILES string of the molecule is O=C(O)c1ccc(Cl)c(S(=O)(=O)N2CCS(=O)(=O)CC2)c1. The summed E-state index contributed by atoms with van der Waals surface area (Å²) in [6.45, 7) is -0.337. The Morgan fingerprint density at radius 1 is 1.24 bits per heavy atom. The Balaban J connectivity index is 2.40. The summed E-state index contributed by atoms with van der Waals surface area (Å²) >= 11 is 5.84. The van der Waals surface area contributed by atoms with Gasteiger partial charge in [0, 0.05) is 13.1 Å². The smallest absolute Gasteiger partial charge is 0.335 e. The van der Waals surface area contributed by atoms with Gasteiger partial charge in [0.1, 0.15) is 4.90 Å². The van der Waals surface area contributed by atoms with E-state index in [9.17, 15) is 21.6 Å². The molecule has 0 bridgehead atoms. The van der Waals surface area contributed by atoms with Crippen LogP contribution in [-0.4, -0.2) is 56.8 Å². The maximum Gasteiger partial charge on any atom is 0.335 e. The van der Waals surface area contributed by atoms with Gasteiger partial charge in [-0.1, -0.05) is 11.6 Å². The Bertz CT molecular complexity index is 773. The highest BCUT2D eigenvalue weighted by molar-refractivity contribution is 7.92. The van der Waals surface area contributed by atoms with Crippen molar-refractivity contribution >= 4 is 37.4 Å². The quantitative estimate of drug-likeness (QED) is 0.845. The molecule has 1 N–H and O–H groups in total. The van der Waals surface area contributed by atoms with E-state index >= 15 is 0 Å². The fourth-order valence-electron chi connectivity index (χ4n) is 1.91. The third-order valence-electron chi connectivity index (χ3n) is 3.10. The van der Waals surface area contributed by atoms with Crippen LogP contribution >= 0.6 is 11.6 Å². The van der Waals surface area contributed by atoms with Crippen LogP contribution in [0.5, 0.6) is 0 Å². The Kier molecular flexibility index (Phi) is 4.29. The topological polar surface area (TPSA) is 109 Å². The number of nitrogens with zero attached hydrogens (tertiary/aromatic N) is 1. The minimum atomic E-state index is -4.03. The van der Waals surface area contributed by atoms with Crippen molar-refractivity contribution in [1.82, 2.24) is 4.31 Å². The van der Waals surface area contributed by atoms with Gasteiger partial charge in [-0.2, -0.15) is 4.31 Å². The molecule has 1 aromatic carbocycles. The summed E-state index contributed by atoms with van der Waals surface area (Å²) in [7, 11) is -7.25. The number of hydrogen-bond acceptors (Lipinski definition) is 5. The van der Waals surface area contributed by atoms with E-state index in [0.29, 0.717) is 0 Å². The molecular formula is C11H12ClNO6S2. The molecule has 0 aliphatic carbocycles. The van der Waals surface area contributed by atoms with Crippen molar-refractivity contribution in [3.63, 3.8) is 0 Å². The fraction of sp³-hybridized carbons (Fsp3) is 0.364. The molecule has 0 radical (unpaired) electrons. The van der Waals surface area contributed by atoms with Crippen LogP contribution in [0.15, 0.2) is 23.1 Å². The van der Waals surface area contributed by atoms with Crippen LogP contribution in [0.25, 0.3) is 0 Å². The molecule has 0 unspecified atom stereocenters. The minimum absolute atomic E-state index is 0.103. The maximum atomic E-state index is 12.4. The van der Waals surface area contributed by atoms with Crippen LogP contribution < -0.4 is 0 Å². The van der Waals surface area contributed by atoms with E-state index in [0.717, 1.165) is 10.4 Å². The number of hydrogen-bond donors (Lipinski definition) is 1. The molecule has 0 atom stereocenters. The first-order chi connectivity index (χ1) is 9.63. The van der Waals surface area contributed by atoms with Crippen LogP contribution in [0.3, 0.4) is 0 Å². The Hall–Kier alpha value is -1.16. The molecule has 10 heteroatoms. The highest BCUT2D eigenvalue weighted by Crippen LogP contribution is 2.27. The number of aromatic carboxylic acids is 1. The predicted molar refractivity (Wildman–Crippen MR) is 75.8 cm³/mol. The molecular weight excluding hydrogens is 342 g/mol. The Labute approximate surface area is 127 Å². The van der Waals surface area contributed by atoms with Crippen molar-refractivity contribution < 1.29 is 26.7 Å². The van der Waals surface area contributed by atoms with E-state index in [2.05, 4.69) is 0 Å². The van der Waals surface area contributed by atoms with Crippen LogP contribution in [-0.2, 0) is 19.9 Å². The molecule has 1 fully saturated rings. The van der Waals surface area contributed by atoms with Crippen LogP contribution in [0, 0.1) is 0 Å². The molecule has 1 aromatic rings. The summed E-state index contributed by atoms with van der Waals surface area (Å²) in [5, 5.41) is 8.81. The first-order valence-corrected chi connectivity index (χ1v) is 9.51. The number of carboxylic acids is 1. The zero-order valence-corrected chi connectivity index (χ0v) is 13.1. The molecule has 21 heavy (non-hydrogen) atoms. The number of carbonyl (C=O) groups is 1. The van der Waals surface area contributed by atoms with Crippen LogP contribution in [0.4, 0.5) is 0 Å². The van der Waals surface area contributed by atoms with Crippen molar-refractivity contribution in [2.24, 2.45) is 0 Å². The van der Waals surface area contributed by atoms with Gasteiger partial charge in [-0.05, 0) is 18.2 Å². The molecule has 1 aliphatic rings. The average molecular weight is 354 g/mol. The first kappa shape index (κ1) is 16.2. The molecule has 0 spiro atoms. The van der Waals surface area contributed by atoms with Crippen LogP contribution in [0.1, 0.15) is 10.4 Å². The van der Waals surface area contributed by atoms with Gasteiger partial charge in [-0.15, -0.1) is 0 Å². The molecule has 0 amide bonds. The molecule has 116 valence electrons. The van der Waals surface area contributed by atoms with E-state index in [-0.39, 0.29) is 40.1 Å². The summed E-state index contributed by atoms with van der Waals surface area (Å²) in [5.74, 6) is -1.80. The van der Waals surface area contributed by atoms with Gasteiger partial charge in [0.05, 0.1) is 22.1 Å². The zero-order chi connectivity index (χ0) is 15.8. The summed E-state index contributed by atoms with van der Waals surface area (Å²) < 4.78 is 48.6. The molecule has 2 rings (SSSR count). The minimum Gasteiger partial charge on any atom is -0.478 e. The third kappa shape index (κ3) is 3.37. The third-order valence-corrected chi connectivity index (χ3v) is 7.09. The van der Waals surface area contributed by atoms with E-state index in [1.807, 2.05) is 0 Å². The van der Waals surface area contributed by atoms with Crippen molar-refractivity contribution in [3.05, 3.63) is 28.8 Å². The van der Waals surface area contributed by atoms with Gasteiger partial charge in [0.15, 0.2) is 9.84 Å². The molecule has 1 heterocycles. The van der Waals surface area contributed by atoms with E-state index in [1.165, 1.54) is 12.1 Å². The number of rotatable bonds is 3. The lowest BCUT2D eigenvalue weighted by atomic mass is 10.2. The zero-order valence-electron chi connectivity index (χ0n) is 10.7. The monoisotopic (exact) mass is 353 g/mol. The standard InChI is InChI=1S/C11H12ClNO6S2/c12-9-2-1-8(11(14)15)7-10(9)21(18,19)13-3-5-20(16,17)6-4-13/h1-2,7H,3-6H2,(H,14,15). The number of benzene rings is 1. The fourth-order valence-corrected chi connectivity index (χ4v) is 5.28. The van der Waals surface area contributed by atoms with Gasteiger partial charge in [0.2, 0.25) is 10.0 Å². The van der Waals surface area contributed by atoms with Gasteiger partial charge < -0.3 is 5.11 Å². The van der Waals surface area contributed by atoms with Gasteiger partial charge in [-0.25, -0.2) is 21.6 Å². The lowest BCUT2D eigenvalue weighted by molar-refractivity contribution is 0.0696. The largest absolute Gasteiger partial charge is 0.478 e. The average Bonchev–Trinajstić information content (AvgIpc) is 2.38. The van der Waals surface area contributed by atoms with E-state index in [1.54, 1.807) is 0 Å². The van der Waals surface area contributed by atoms with E-state index in [4.69, 9.17) is 16.7 Å². The normalized spacial score (nSPS) is 19.3. The molecule has 0 aromatic heterocycles. The highest BCUT2D eigenvalue weighted by Gasteiger charge is 2.32. The molecule has 1 saturated heterocycles. The summed E-state index contributed by atoms with van der Waals surface area (Å²) in [6, 6.07) is 3.37. The molecule has 0 saturated carbocycles.